The molecule has 0 aromatic heterocycles. The Bertz CT molecular complexity index is 144. The lowest BCUT2D eigenvalue weighted by Crippen LogP contribution is -2.47. The van der Waals surface area contributed by atoms with Crippen molar-refractivity contribution < 1.29 is 20.4 Å². The molecular weight excluding hydrogens is 402 g/mol. The molecule has 4 N–H and O–H groups in total. The van der Waals surface area contributed by atoms with Gasteiger partial charge in [0, 0.05) is 8.35 Å². The maximum atomic E-state index is 9.39. The molecule has 0 saturated carbocycles. The van der Waals surface area contributed by atoms with Crippen LogP contribution >= 0.6 is 45.2 Å². The highest BCUT2D eigenvalue weighted by molar-refractivity contribution is 14.1. The van der Waals surface area contributed by atoms with Gasteiger partial charge in [-0.25, -0.2) is 0 Å². The Morgan fingerprint density at radius 3 is 1.77 bits per heavy atom. The molecule has 0 heterocycles. The van der Waals surface area contributed by atoms with Crippen molar-refractivity contribution in [1.29, 1.82) is 0 Å². The first kappa shape index (κ1) is 14.3. The molecule has 0 rings (SSSR count). The van der Waals surface area contributed by atoms with Crippen LogP contribution in [0.5, 0.6) is 0 Å². The molecule has 0 aromatic rings. The fourth-order valence-electron chi connectivity index (χ4n) is 0.793. The summed E-state index contributed by atoms with van der Waals surface area (Å²) in [5, 5.41) is 37.3. The van der Waals surface area contributed by atoms with Crippen LogP contribution in [0.4, 0.5) is 0 Å². The molecule has 0 radical (unpaired) electrons. The van der Waals surface area contributed by atoms with Crippen LogP contribution in [0.1, 0.15) is 6.92 Å². The van der Waals surface area contributed by atoms with Crippen LogP contribution in [0.15, 0.2) is 0 Å². The van der Waals surface area contributed by atoms with Crippen LogP contribution in [-0.4, -0.2) is 53.2 Å². The smallest absolute Gasteiger partial charge is 0.109 e. The van der Waals surface area contributed by atoms with Gasteiger partial charge in [-0.1, -0.05) is 52.1 Å². The van der Waals surface area contributed by atoms with E-state index in [-0.39, 0.29) is 3.92 Å². The second-order valence-electron chi connectivity index (χ2n) is 2.87. The second kappa shape index (κ2) is 6.72. The molecule has 0 aromatic carbocycles. The summed E-state index contributed by atoms with van der Waals surface area (Å²) in [6.07, 6.45) is -4.60. The minimum absolute atomic E-state index is 0.177. The average Bonchev–Trinajstić information content (AvgIpc) is 2.12. The molecule has 0 aliphatic heterocycles. The molecule has 4 nitrogen and oxygen atoms in total. The van der Waals surface area contributed by atoms with Crippen molar-refractivity contribution >= 4 is 45.2 Å². The number of aliphatic hydroxyl groups excluding tert-OH is 4. The summed E-state index contributed by atoms with van der Waals surface area (Å²) in [6, 6.07) is 0. The first-order valence-electron chi connectivity index (χ1n) is 3.84. The fraction of sp³-hybridized carbons (Fsp3) is 1.00. The van der Waals surface area contributed by atoms with Crippen molar-refractivity contribution in [1.82, 2.24) is 0 Å². The van der Waals surface area contributed by atoms with Crippen molar-refractivity contribution in [2.75, 3.05) is 4.43 Å². The second-order valence-corrected chi connectivity index (χ2v) is 5.72. The van der Waals surface area contributed by atoms with Gasteiger partial charge in [0.05, 0.1) is 12.2 Å². The highest BCUT2D eigenvalue weighted by atomic mass is 127. The summed E-state index contributed by atoms with van der Waals surface area (Å²) >= 11 is 3.85. The summed E-state index contributed by atoms with van der Waals surface area (Å²) in [6.45, 7) is 1.72. The first-order valence-corrected chi connectivity index (χ1v) is 6.61. The largest absolute Gasteiger partial charge is 0.390 e. The van der Waals surface area contributed by atoms with Crippen LogP contribution in [0.3, 0.4) is 0 Å². The molecule has 0 aliphatic rings. The van der Waals surface area contributed by atoms with Gasteiger partial charge in [0.25, 0.3) is 0 Å². The minimum atomic E-state index is -1.29. The molecule has 0 saturated heterocycles. The Morgan fingerprint density at radius 2 is 1.46 bits per heavy atom. The molecule has 0 bridgehead atoms. The summed E-state index contributed by atoms with van der Waals surface area (Å²) in [5.74, 6) is 0. The quantitative estimate of drug-likeness (QED) is 0.367. The van der Waals surface area contributed by atoms with Crippen LogP contribution < -0.4 is 0 Å². The van der Waals surface area contributed by atoms with E-state index in [4.69, 9.17) is 0 Å². The zero-order valence-corrected chi connectivity index (χ0v) is 11.5. The first-order chi connectivity index (χ1) is 5.91. The van der Waals surface area contributed by atoms with Crippen molar-refractivity contribution in [2.45, 2.75) is 35.3 Å². The van der Waals surface area contributed by atoms with Crippen LogP contribution in [0, 0.1) is 0 Å². The normalized spacial score (nSPS) is 23.3. The van der Waals surface area contributed by atoms with Crippen LogP contribution in [0.2, 0.25) is 0 Å². The summed E-state index contributed by atoms with van der Waals surface area (Å²) < 4.78 is 0.141. The molecular formula is C7H14I2O4. The zero-order chi connectivity index (χ0) is 10.6. The highest BCUT2D eigenvalue weighted by Crippen LogP contribution is 2.14. The van der Waals surface area contributed by atoms with E-state index in [1.807, 2.05) is 45.2 Å². The van der Waals surface area contributed by atoms with Crippen LogP contribution in [-0.2, 0) is 0 Å². The van der Waals surface area contributed by atoms with Gasteiger partial charge in [0.15, 0.2) is 0 Å². The summed E-state index contributed by atoms with van der Waals surface area (Å²) in [4.78, 5) is 0. The van der Waals surface area contributed by atoms with Gasteiger partial charge in [-0.3, -0.25) is 0 Å². The van der Waals surface area contributed by atoms with E-state index in [0.717, 1.165) is 0 Å². The Morgan fingerprint density at radius 1 is 1.00 bits per heavy atom. The molecule has 0 fully saturated rings. The van der Waals surface area contributed by atoms with E-state index in [1.54, 1.807) is 6.92 Å². The Labute approximate surface area is 105 Å². The maximum Gasteiger partial charge on any atom is 0.109 e. The van der Waals surface area contributed by atoms with E-state index in [2.05, 4.69) is 0 Å². The third-order valence-electron chi connectivity index (χ3n) is 1.72. The molecule has 5 unspecified atom stereocenters. The Balaban J connectivity index is 4.15. The number of halogens is 2. The number of aliphatic hydroxyl groups is 4. The molecule has 6 heteroatoms. The number of hydrogen-bond acceptors (Lipinski definition) is 4. The third kappa shape index (κ3) is 4.56. The van der Waals surface area contributed by atoms with E-state index in [1.165, 1.54) is 0 Å². The SMILES string of the molecule is CC(I)C(O)C(O)C(O)C(O)CI. The third-order valence-corrected chi connectivity index (χ3v) is 3.36. The topological polar surface area (TPSA) is 80.9 Å². The van der Waals surface area contributed by atoms with Crippen LogP contribution in [0.25, 0.3) is 0 Å². The zero-order valence-electron chi connectivity index (χ0n) is 7.14. The molecule has 0 spiro atoms. The average molecular weight is 416 g/mol. The van der Waals surface area contributed by atoms with Crippen molar-refractivity contribution in [2.24, 2.45) is 0 Å². The van der Waals surface area contributed by atoms with Gasteiger partial charge in [0.2, 0.25) is 0 Å². The van der Waals surface area contributed by atoms with Gasteiger partial charge < -0.3 is 20.4 Å². The van der Waals surface area contributed by atoms with Crippen molar-refractivity contribution in [3.8, 4) is 0 Å². The number of rotatable bonds is 5. The molecule has 13 heavy (non-hydrogen) atoms. The lowest BCUT2D eigenvalue weighted by Gasteiger charge is -2.26. The van der Waals surface area contributed by atoms with Gasteiger partial charge in [0.1, 0.15) is 12.2 Å². The van der Waals surface area contributed by atoms with E-state index < -0.39 is 24.4 Å². The predicted molar refractivity (Wildman–Crippen MR) is 66.4 cm³/mol. The molecule has 5 atom stereocenters. The number of alkyl halides is 2. The maximum absolute atomic E-state index is 9.39. The van der Waals surface area contributed by atoms with E-state index in [9.17, 15) is 20.4 Å². The van der Waals surface area contributed by atoms with Gasteiger partial charge in [-0.05, 0) is 0 Å². The predicted octanol–water partition coefficient (Wildman–Crippen LogP) is -0.312. The Hall–Kier alpha value is 1.30. The summed E-state index contributed by atoms with van der Waals surface area (Å²) in [7, 11) is 0. The number of hydrogen-bond donors (Lipinski definition) is 4. The van der Waals surface area contributed by atoms with E-state index in [0.29, 0.717) is 4.43 Å². The van der Waals surface area contributed by atoms with E-state index >= 15 is 0 Å². The van der Waals surface area contributed by atoms with Gasteiger partial charge in [-0.2, -0.15) is 0 Å². The molecule has 0 aliphatic carbocycles. The molecule has 80 valence electrons. The van der Waals surface area contributed by atoms with Gasteiger partial charge in [-0.15, -0.1) is 0 Å². The van der Waals surface area contributed by atoms with Crippen molar-refractivity contribution in [3.05, 3.63) is 0 Å². The standard InChI is InChI=1S/C7H14I2O4/c1-3(9)5(11)7(13)6(12)4(10)2-8/h3-7,10-13H,2H2,1H3. The fourth-order valence-corrected chi connectivity index (χ4v) is 1.74. The lowest BCUT2D eigenvalue weighted by molar-refractivity contribution is -0.0958. The van der Waals surface area contributed by atoms with Gasteiger partial charge >= 0.3 is 0 Å². The van der Waals surface area contributed by atoms with Crippen molar-refractivity contribution in [3.63, 3.8) is 0 Å². The minimum Gasteiger partial charge on any atom is -0.390 e. The summed E-state index contributed by atoms with van der Waals surface area (Å²) in [5.41, 5.74) is 0. The molecule has 0 amide bonds. The Kier molecular flexibility index (Phi) is 7.40. The monoisotopic (exact) mass is 416 g/mol. The lowest BCUT2D eigenvalue weighted by atomic mass is 10.0. The highest BCUT2D eigenvalue weighted by Gasteiger charge is 2.31.